The second-order valence-electron chi connectivity index (χ2n) is 8.38. The normalized spacial score (nSPS) is 20.4. The average Bonchev–Trinajstić information content (AvgIpc) is 2.96. The van der Waals surface area contributed by atoms with E-state index in [0.29, 0.717) is 12.5 Å². The fraction of sp³-hybridized carbons (Fsp3) is 0.565. The van der Waals surface area contributed by atoms with Gasteiger partial charge >= 0.3 is 0 Å². The molecule has 6 nitrogen and oxygen atoms in total. The van der Waals surface area contributed by atoms with Gasteiger partial charge in [0.25, 0.3) is 5.56 Å². The number of nitrogens with one attached hydrogen (secondary N) is 2. The quantitative estimate of drug-likeness (QED) is 0.612. The number of amides is 1. The van der Waals surface area contributed by atoms with Crippen LogP contribution in [0.15, 0.2) is 29.1 Å². The predicted octanol–water partition coefficient (Wildman–Crippen LogP) is 3.51. The summed E-state index contributed by atoms with van der Waals surface area (Å²) >= 11 is 0. The van der Waals surface area contributed by atoms with Gasteiger partial charge in [-0.3, -0.25) is 14.7 Å². The van der Waals surface area contributed by atoms with E-state index in [2.05, 4.69) is 10.4 Å². The predicted molar refractivity (Wildman–Crippen MR) is 113 cm³/mol. The van der Waals surface area contributed by atoms with E-state index in [-0.39, 0.29) is 17.4 Å². The highest BCUT2D eigenvalue weighted by molar-refractivity contribution is 5.79. The van der Waals surface area contributed by atoms with Crippen molar-refractivity contribution in [2.75, 3.05) is 7.11 Å². The zero-order valence-corrected chi connectivity index (χ0v) is 17.2. The summed E-state index contributed by atoms with van der Waals surface area (Å²) in [6, 6.07) is 7.78. The number of aromatic nitrogens is 2. The Hall–Kier alpha value is -2.50. The number of methoxy groups -OCH3 is 1. The van der Waals surface area contributed by atoms with Crippen LogP contribution in [0, 0.1) is 5.92 Å². The molecule has 2 aliphatic rings. The van der Waals surface area contributed by atoms with Gasteiger partial charge in [-0.05, 0) is 62.8 Å². The lowest BCUT2D eigenvalue weighted by Crippen LogP contribution is -2.38. The first kappa shape index (κ1) is 19.8. The third-order valence-electron chi connectivity index (χ3n) is 6.46. The molecule has 1 unspecified atom stereocenters. The summed E-state index contributed by atoms with van der Waals surface area (Å²) < 4.78 is 6.80. The highest BCUT2D eigenvalue weighted by atomic mass is 16.5. The molecule has 1 fully saturated rings. The number of benzene rings is 1. The number of aryl methyl sites for hydroxylation is 1. The van der Waals surface area contributed by atoms with Gasteiger partial charge in [-0.2, -0.15) is 0 Å². The van der Waals surface area contributed by atoms with E-state index in [0.717, 1.165) is 54.8 Å². The van der Waals surface area contributed by atoms with Gasteiger partial charge in [-0.25, -0.2) is 4.68 Å². The van der Waals surface area contributed by atoms with Crippen LogP contribution in [0.5, 0.6) is 5.75 Å². The summed E-state index contributed by atoms with van der Waals surface area (Å²) in [6.07, 6.45) is 10.1. The van der Waals surface area contributed by atoms with Gasteiger partial charge in [0.2, 0.25) is 5.91 Å². The second kappa shape index (κ2) is 8.89. The van der Waals surface area contributed by atoms with Crippen molar-refractivity contribution in [2.24, 2.45) is 5.92 Å². The molecule has 0 bridgehead atoms. The van der Waals surface area contributed by atoms with E-state index in [1.54, 1.807) is 11.8 Å². The lowest BCUT2D eigenvalue weighted by molar-refractivity contribution is -0.126. The lowest BCUT2D eigenvalue weighted by atomic mass is 9.97. The molecule has 6 heteroatoms. The fourth-order valence-corrected chi connectivity index (χ4v) is 4.68. The molecule has 2 N–H and O–H groups in total. The second-order valence-corrected chi connectivity index (χ2v) is 8.38. The zero-order valence-electron chi connectivity index (χ0n) is 17.2. The zero-order chi connectivity index (χ0) is 20.2. The number of ether oxygens (including phenoxy) is 1. The Kier molecular flexibility index (Phi) is 6.07. The molecular formula is C23H31N3O3. The maximum Gasteiger partial charge on any atom is 0.274 e. The first-order chi connectivity index (χ1) is 14.2. The van der Waals surface area contributed by atoms with E-state index in [1.807, 2.05) is 24.3 Å². The van der Waals surface area contributed by atoms with E-state index in [1.165, 1.54) is 25.7 Å². The number of carbonyl (C=O) groups excluding carboxylic acids is 1. The van der Waals surface area contributed by atoms with Gasteiger partial charge in [0, 0.05) is 23.2 Å². The summed E-state index contributed by atoms with van der Waals surface area (Å²) in [5.74, 6) is 0.933. The van der Waals surface area contributed by atoms with E-state index in [4.69, 9.17) is 4.74 Å². The van der Waals surface area contributed by atoms with Crippen molar-refractivity contribution >= 4 is 5.91 Å². The molecule has 2 aromatic rings. The number of hydrogen-bond donors (Lipinski definition) is 2. The number of H-pyrrole nitrogens is 1. The molecule has 29 heavy (non-hydrogen) atoms. The van der Waals surface area contributed by atoms with Crippen LogP contribution in [0.3, 0.4) is 0 Å². The maximum absolute atomic E-state index is 13.0. The van der Waals surface area contributed by atoms with Gasteiger partial charge < -0.3 is 10.1 Å². The topological polar surface area (TPSA) is 76.1 Å². The summed E-state index contributed by atoms with van der Waals surface area (Å²) in [4.78, 5) is 25.8. The third kappa shape index (κ3) is 4.41. The van der Waals surface area contributed by atoms with Crippen molar-refractivity contribution in [3.8, 4) is 11.4 Å². The van der Waals surface area contributed by atoms with Gasteiger partial charge in [0.15, 0.2) is 0 Å². The molecule has 4 rings (SSSR count). The van der Waals surface area contributed by atoms with Gasteiger partial charge in [0.05, 0.1) is 12.8 Å². The van der Waals surface area contributed by atoms with Crippen molar-refractivity contribution in [1.29, 1.82) is 0 Å². The van der Waals surface area contributed by atoms with Crippen LogP contribution in [0.4, 0.5) is 0 Å². The lowest BCUT2D eigenvalue weighted by Gasteiger charge is -2.20. The SMILES string of the molecule is COc1ccc(-n2[nH]c3c(c2=O)CCC(C(=O)NC2CCCCCC2)CC3)cc1. The van der Waals surface area contributed by atoms with E-state index in [9.17, 15) is 9.59 Å². The number of aromatic amines is 1. The molecule has 0 saturated heterocycles. The minimum atomic E-state index is -0.00658. The molecule has 1 aromatic heterocycles. The highest BCUT2D eigenvalue weighted by Crippen LogP contribution is 2.24. The molecule has 1 amide bonds. The van der Waals surface area contributed by atoms with Crippen LogP contribution in [0.1, 0.15) is 62.6 Å². The molecular weight excluding hydrogens is 366 g/mol. The summed E-state index contributed by atoms with van der Waals surface area (Å²) in [5.41, 5.74) is 2.59. The molecule has 1 atom stereocenters. The minimum Gasteiger partial charge on any atom is -0.497 e. The van der Waals surface area contributed by atoms with Crippen LogP contribution < -0.4 is 15.6 Å². The van der Waals surface area contributed by atoms with Crippen LogP contribution in [0.2, 0.25) is 0 Å². The first-order valence-corrected chi connectivity index (χ1v) is 10.9. The van der Waals surface area contributed by atoms with E-state index < -0.39 is 0 Å². The number of nitrogens with zero attached hydrogens (tertiary/aromatic N) is 1. The van der Waals surface area contributed by atoms with Crippen LogP contribution in [-0.2, 0) is 17.6 Å². The Bertz CT molecular complexity index is 889. The van der Waals surface area contributed by atoms with Gasteiger partial charge in [0.1, 0.15) is 5.75 Å². The molecule has 0 spiro atoms. The Morgan fingerprint density at radius 3 is 2.41 bits per heavy atom. The van der Waals surface area contributed by atoms with Crippen LogP contribution in [-0.4, -0.2) is 28.8 Å². The maximum atomic E-state index is 13.0. The third-order valence-corrected chi connectivity index (χ3v) is 6.46. The Morgan fingerprint density at radius 2 is 1.72 bits per heavy atom. The molecule has 1 saturated carbocycles. The number of carbonyl (C=O) groups is 1. The Balaban J connectivity index is 1.43. The molecule has 1 heterocycles. The van der Waals surface area contributed by atoms with Crippen LogP contribution >= 0.6 is 0 Å². The molecule has 2 aliphatic carbocycles. The molecule has 0 radical (unpaired) electrons. The fourth-order valence-electron chi connectivity index (χ4n) is 4.68. The van der Waals surface area contributed by atoms with Crippen molar-refractivity contribution in [3.63, 3.8) is 0 Å². The van der Waals surface area contributed by atoms with Crippen molar-refractivity contribution in [2.45, 2.75) is 70.3 Å². The van der Waals surface area contributed by atoms with Crippen molar-refractivity contribution in [1.82, 2.24) is 15.1 Å². The molecule has 156 valence electrons. The summed E-state index contributed by atoms with van der Waals surface area (Å²) in [6.45, 7) is 0. The summed E-state index contributed by atoms with van der Waals surface area (Å²) in [5, 5.41) is 6.57. The monoisotopic (exact) mass is 397 g/mol. The average molecular weight is 398 g/mol. The van der Waals surface area contributed by atoms with Gasteiger partial charge in [-0.1, -0.05) is 25.7 Å². The van der Waals surface area contributed by atoms with E-state index >= 15 is 0 Å². The summed E-state index contributed by atoms with van der Waals surface area (Å²) in [7, 11) is 1.63. The standard InChI is InChI=1S/C23H31N3O3/c1-29-19-12-10-18(11-13-19)26-23(28)20-14-8-16(9-15-21(20)25-26)22(27)24-17-6-4-2-3-5-7-17/h10-13,16-17,25H,2-9,14-15H2,1H3,(H,24,27). The Morgan fingerprint density at radius 1 is 1.03 bits per heavy atom. The van der Waals surface area contributed by atoms with Crippen molar-refractivity contribution in [3.05, 3.63) is 45.9 Å². The minimum absolute atomic E-state index is 0.00464. The molecule has 1 aromatic carbocycles. The van der Waals surface area contributed by atoms with Gasteiger partial charge in [-0.15, -0.1) is 0 Å². The van der Waals surface area contributed by atoms with Crippen molar-refractivity contribution < 1.29 is 9.53 Å². The number of hydrogen-bond acceptors (Lipinski definition) is 3. The largest absolute Gasteiger partial charge is 0.497 e. The number of rotatable bonds is 4. The Labute approximate surface area is 171 Å². The molecule has 0 aliphatic heterocycles. The smallest absolute Gasteiger partial charge is 0.274 e. The first-order valence-electron chi connectivity index (χ1n) is 10.9. The van der Waals surface area contributed by atoms with Crippen LogP contribution in [0.25, 0.3) is 5.69 Å². The number of fused-ring (bicyclic) bond motifs is 1. The highest BCUT2D eigenvalue weighted by Gasteiger charge is 2.27.